The van der Waals surface area contributed by atoms with Gasteiger partial charge in [-0.25, -0.2) is 0 Å². The molecule has 0 rings (SSSR count). The van der Waals surface area contributed by atoms with Gasteiger partial charge in [0.25, 0.3) is 7.82 Å². The molecule has 0 aromatic rings. The Morgan fingerprint density at radius 1 is 0.533 bits per heavy atom. The minimum absolute atomic E-state index is 0.0390. The van der Waals surface area contributed by atoms with Crippen LogP contribution in [0.4, 0.5) is 0 Å². The monoisotopic (exact) mass is 864 g/mol. The van der Waals surface area contributed by atoms with Crippen LogP contribution >= 0.6 is 7.82 Å². The highest BCUT2D eigenvalue weighted by Gasteiger charge is 2.21. The molecule has 0 fully saturated rings. The third-order valence-electron chi connectivity index (χ3n) is 10.1. The fraction of sp³-hybridized carbons (Fsp3) is 0.760. The lowest BCUT2D eigenvalue weighted by molar-refractivity contribution is -0.870. The second kappa shape index (κ2) is 42.0. The zero-order valence-electron chi connectivity index (χ0n) is 39.1. The maximum absolute atomic E-state index is 12.7. The molecular weight excluding hydrogens is 774 g/mol. The standard InChI is InChI=1S/C50H90NO8P/c1-6-8-10-12-14-16-18-20-22-24-25-27-29-31-33-35-37-39-41-43-50(53)59-48(47-58-60(54,55)57-45-44-51(3,4)5)46-56-49(52)42-40-38-36-34-32-30-28-26-23-21-19-17-15-13-11-9-7-2/h8,10,14,16,20,22,25,27,31,33,48H,6-7,9,11-13,15,17-19,21,23-24,26,28-30,32,34-47H2,1-5H3/b10-8-,16-14-,22-20-,27-25-,33-31-. The normalized spacial score (nSPS) is 14.0. The lowest BCUT2D eigenvalue weighted by Gasteiger charge is -2.28. The first-order valence-electron chi connectivity index (χ1n) is 24.0. The van der Waals surface area contributed by atoms with E-state index in [9.17, 15) is 19.0 Å². The fourth-order valence-electron chi connectivity index (χ4n) is 6.33. The van der Waals surface area contributed by atoms with Crippen LogP contribution in [0.3, 0.4) is 0 Å². The van der Waals surface area contributed by atoms with Gasteiger partial charge >= 0.3 is 11.9 Å². The van der Waals surface area contributed by atoms with Crippen LogP contribution in [0, 0.1) is 0 Å². The summed E-state index contributed by atoms with van der Waals surface area (Å²) in [6.45, 7) is 4.09. The summed E-state index contributed by atoms with van der Waals surface area (Å²) in [6, 6.07) is 0. The number of hydrogen-bond donors (Lipinski definition) is 0. The predicted molar refractivity (Wildman–Crippen MR) is 250 cm³/mol. The molecule has 0 N–H and O–H groups in total. The molecule has 348 valence electrons. The molecule has 0 aliphatic rings. The Morgan fingerprint density at radius 3 is 1.42 bits per heavy atom. The quantitative estimate of drug-likeness (QED) is 0.0196. The third-order valence-corrected chi connectivity index (χ3v) is 11.0. The topological polar surface area (TPSA) is 111 Å². The van der Waals surface area contributed by atoms with Gasteiger partial charge in [-0.2, -0.15) is 0 Å². The zero-order chi connectivity index (χ0) is 44.3. The van der Waals surface area contributed by atoms with E-state index in [-0.39, 0.29) is 26.1 Å². The van der Waals surface area contributed by atoms with E-state index in [0.717, 1.165) is 70.6 Å². The smallest absolute Gasteiger partial charge is 0.306 e. The van der Waals surface area contributed by atoms with E-state index < -0.39 is 32.5 Å². The number of carbonyl (C=O) groups is 2. The molecule has 2 atom stereocenters. The lowest BCUT2D eigenvalue weighted by Crippen LogP contribution is -2.37. The minimum atomic E-state index is -4.64. The van der Waals surface area contributed by atoms with Gasteiger partial charge in [-0.3, -0.25) is 14.2 Å². The number of esters is 2. The first kappa shape index (κ1) is 57.7. The average Bonchev–Trinajstić information content (AvgIpc) is 3.20. The number of unbranched alkanes of at least 4 members (excludes halogenated alkanes) is 19. The Balaban J connectivity index is 4.37. The molecule has 0 heterocycles. The van der Waals surface area contributed by atoms with Crippen molar-refractivity contribution in [3.63, 3.8) is 0 Å². The van der Waals surface area contributed by atoms with Crippen LogP contribution in [0.25, 0.3) is 0 Å². The molecule has 0 spiro atoms. The molecular formula is C50H90NO8P. The van der Waals surface area contributed by atoms with E-state index in [1.807, 2.05) is 21.1 Å². The van der Waals surface area contributed by atoms with E-state index in [1.54, 1.807) is 0 Å². The molecule has 0 aliphatic heterocycles. The van der Waals surface area contributed by atoms with Crippen molar-refractivity contribution in [1.82, 2.24) is 0 Å². The van der Waals surface area contributed by atoms with Crippen molar-refractivity contribution in [2.45, 2.75) is 200 Å². The summed E-state index contributed by atoms with van der Waals surface area (Å²) in [6.07, 6.45) is 51.0. The fourth-order valence-corrected chi connectivity index (χ4v) is 7.06. The SMILES string of the molecule is CC/C=C\C/C=C\C/C=C\C/C=C\C/C=C\CCCCCC(=O)OC(COC(=O)CCCCCCCCCCCCCCCCCCC)COP(=O)([O-])OCC[N+](C)(C)C. The number of phosphoric ester groups is 1. The Labute approximate surface area is 368 Å². The van der Waals surface area contributed by atoms with Crippen LogP contribution in [0.2, 0.25) is 0 Å². The summed E-state index contributed by atoms with van der Waals surface area (Å²) in [5.74, 6) is -0.870. The largest absolute Gasteiger partial charge is 0.756 e. The van der Waals surface area contributed by atoms with Crippen molar-refractivity contribution in [3.8, 4) is 0 Å². The van der Waals surface area contributed by atoms with Crippen LogP contribution in [-0.2, 0) is 32.7 Å². The van der Waals surface area contributed by atoms with Crippen molar-refractivity contribution in [3.05, 3.63) is 60.8 Å². The van der Waals surface area contributed by atoms with E-state index in [1.165, 1.54) is 89.9 Å². The van der Waals surface area contributed by atoms with Crippen LogP contribution < -0.4 is 4.89 Å². The molecule has 0 aromatic carbocycles. The number of ether oxygens (including phenoxy) is 2. The van der Waals surface area contributed by atoms with Gasteiger partial charge in [0, 0.05) is 12.8 Å². The highest BCUT2D eigenvalue weighted by atomic mass is 31.2. The number of allylic oxidation sites excluding steroid dienone is 10. The van der Waals surface area contributed by atoms with Crippen molar-refractivity contribution >= 4 is 19.8 Å². The molecule has 0 bridgehead atoms. The van der Waals surface area contributed by atoms with Gasteiger partial charge in [0.15, 0.2) is 6.10 Å². The Bertz CT molecular complexity index is 1210. The van der Waals surface area contributed by atoms with Crippen LogP contribution in [0.15, 0.2) is 60.8 Å². The van der Waals surface area contributed by atoms with E-state index >= 15 is 0 Å². The molecule has 0 saturated carbocycles. The van der Waals surface area contributed by atoms with Gasteiger partial charge < -0.3 is 27.9 Å². The number of phosphoric acid groups is 1. The number of quaternary nitrogens is 1. The molecule has 10 heteroatoms. The van der Waals surface area contributed by atoms with E-state index in [0.29, 0.717) is 17.4 Å². The highest BCUT2D eigenvalue weighted by Crippen LogP contribution is 2.38. The first-order chi connectivity index (χ1) is 29.0. The Morgan fingerprint density at radius 2 is 0.950 bits per heavy atom. The summed E-state index contributed by atoms with van der Waals surface area (Å²) in [5, 5.41) is 0. The number of rotatable bonds is 43. The summed E-state index contributed by atoms with van der Waals surface area (Å²) < 4.78 is 33.9. The minimum Gasteiger partial charge on any atom is -0.756 e. The molecule has 2 unspecified atom stereocenters. The van der Waals surface area contributed by atoms with Crippen molar-refractivity contribution in [1.29, 1.82) is 0 Å². The molecule has 60 heavy (non-hydrogen) atoms. The number of likely N-dealkylation sites (N-methyl/N-ethyl adjacent to an activating group) is 1. The Kier molecular flexibility index (Phi) is 40.4. The van der Waals surface area contributed by atoms with Crippen LogP contribution in [-0.4, -0.2) is 70.0 Å². The van der Waals surface area contributed by atoms with E-state index in [2.05, 4.69) is 74.6 Å². The number of hydrogen-bond acceptors (Lipinski definition) is 8. The second-order valence-corrected chi connectivity index (χ2v) is 18.5. The lowest BCUT2D eigenvalue weighted by atomic mass is 10.0. The van der Waals surface area contributed by atoms with Crippen LogP contribution in [0.1, 0.15) is 194 Å². The average molecular weight is 864 g/mol. The summed E-state index contributed by atoms with van der Waals surface area (Å²) in [7, 11) is 1.14. The molecule has 0 aliphatic carbocycles. The van der Waals surface area contributed by atoms with Crippen molar-refractivity contribution in [2.24, 2.45) is 0 Å². The van der Waals surface area contributed by atoms with Gasteiger partial charge in [0.1, 0.15) is 19.8 Å². The molecule has 0 radical (unpaired) electrons. The van der Waals surface area contributed by atoms with Gasteiger partial charge in [-0.1, -0.05) is 184 Å². The predicted octanol–water partition coefficient (Wildman–Crippen LogP) is 13.4. The van der Waals surface area contributed by atoms with Crippen molar-refractivity contribution in [2.75, 3.05) is 47.5 Å². The first-order valence-corrected chi connectivity index (χ1v) is 25.5. The number of nitrogens with zero attached hydrogens (tertiary/aromatic N) is 1. The second-order valence-electron chi connectivity index (χ2n) is 17.1. The van der Waals surface area contributed by atoms with Gasteiger partial charge in [0.05, 0.1) is 27.7 Å². The third kappa shape index (κ3) is 45.2. The van der Waals surface area contributed by atoms with Gasteiger partial charge in [-0.05, 0) is 57.8 Å². The van der Waals surface area contributed by atoms with Gasteiger partial charge in [0.2, 0.25) is 0 Å². The molecule has 9 nitrogen and oxygen atoms in total. The molecule has 0 amide bonds. The molecule has 0 saturated heterocycles. The highest BCUT2D eigenvalue weighted by molar-refractivity contribution is 7.45. The summed E-state index contributed by atoms with van der Waals surface area (Å²) >= 11 is 0. The zero-order valence-corrected chi connectivity index (χ0v) is 40.0. The summed E-state index contributed by atoms with van der Waals surface area (Å²) in [4.78, 5) is 37.6. The summed E-state index contributed by atoms with van der Waals surface area (Å²) in [5.41, 5.74) is 0. The van der Waals surface area contributed by atoms with Crippen molar-refractivity contribution < 1.29 is 42.1 Å². The van der Waals surface area contributed by atoms with E-state index in [4.69, 9.17) is 18.5 Å². The Hall–Kier alpha value is -2.29. The molecule has 0 aromatic heterocycles. The van der Waals surface area contributed by atoms with Gasteiger partial charge in [-0.15, -0.1) is 0 Å². The maximum Gasteiger partial charge on any atom is 0.306 e. The van der Waals surface area contributed by atoms with Crippen LogP contribution in [0.5, 0.6) is 0 Å². The maximum atomic E-state index is 12.7. The number of carbonyl (C=O) groups excluding carboxylic acids is 2.